The highest BCUT2D eigenvalue weighted by Gasteiger charge is 2.43. The second kappa shape index (κ2) is 4.58. The summed E-state index contributed by atoms with van der Waals surface area (Å²) in [6.07, 6.45) is 1.99. The highest BCUT2D eigenvalue weighted by atomic mass is 16.6. The Morgan fingerprint density at radius 2 is 2.18 bits per heavy atom. The first kappa shape index (κ1) is 12.8. The molecular weight excluding hydrogens is 218 g/mol. The van der Waals surface area contributed by atoms with Gasteiger partial charge in [-0.3, -0.25) is 4.79 Å². The summed E-state index contributed by atoms with van der Waals surface area (Å²) in [4.78, 5) is 11.6. The van der Waals surface area contributed by atoms with Crippen LogP contribution in [0.15, 0.2) is 0 Å². The molecule has 2 fully saturated rings. The second-order valence-corrected chi connectivity index (χ2v) is 6.05. The van der Waals surface area contributed by atoms with Gasteiger partial charge in [-0.05, 0) is 31.6 Å². The zero-order chi connectivity index (χ0) is 12.6. The van der Waals surface area contributed by atoms with Gasteiger partial charge in [0.1, 0.15) is 11.6 Å². The number of esters is 1. The van der Waals surface area contributed by atoms with E-state index < -0.39 is 5.60 Å². The molecule has 2 N–H and O–H groups in total. The minimum absolute atomic E-state index is 0.105. The third kappa shape index (κ3) is 2.99. The van der Waals surface area contributed by atoms with Crippen LogP contribution in [-0.2, 0) is 9.53 Å². The topological polar surface area (TPSA) is 68.5 Å². The van der Waals surface area contributed by atoms with E-state index in [4.69, 9.17) is 4.74 Å². The van der Waals surface area contributed by atoms with Crippen molar-refractivity contribution in [1.82, 2.24) is 5.32 Å². The molecule has 1 saturated heterocycles. The number of hydrogen-bond acceptors (Lipinski definition) is 4. The third-order valence-electron chi connectivity index (χ3n) is 4.04. The number of carbonyl (C=O) groups is 1. The fourth-order valence-electron chi connectivity index (χ4n) is 2.77. The number of hydrogen-bond donors (Lipinski definition) is 2. The first-order chi connectivity index (χ1) is 7.91. The summed E-state index contributed by atoms with van der Waals surface area (Å²) >= 11 is 0. The van der Waals surface area contributed by atoms with E-state index in [9.17, 15) is 9.90 Å². The SMILES string of the molecule is CC(C)[C@@H]1CC[C@@](C)(OC(=O)C2CN2)C[C@H]1O. The maximum absolute atomic E-state index is 11.6. The van der Waals surface area contributed by atoms with Gasteiger partial charge in [-0.25, -0.2) is 0 Å². The van der Waals surface area contributed by atoms with Crippen molar-refractivity contribution >= 4 is 5.97 Å². The first-order valence-corrected chi connectivity index (χ1v) is 6.55. The van der Waals surface area contributed by atoms with E-state index in [1.807, 2.05) is 6.92 Å². The van der Waals surface area contributed by atoms with E-state index >= 15 is 0 Å². The summed E-state index contributed by atoms with van der Waals surface area (Å²) in [5.74, 6) is 0.652. The standard InChI is InChI=1S/C13H23NO3/c1-8(2)9-4-5-13(3,6-11(9)15)17-12(16)10-7-14-10/h8-11,14-15H,4-7H2,1-3H3/t9-,10?,11+,13+/m0/s1. The molecule has 0 radical (unpaired) electrons. The van der Waals surface area contributed by atoms with E-state index in [0.717, 1.165) is 19.4 Å². The molecule has 4 heteroatoms. The van der Waals surface area contributed by atoms with Crippen molar-refractivity contribution in [2.45, 2.75) is 57.8 Å². The lowest BCUT2D eigenvalue weighted by atomic mass is 9.73. The Balaban J connectivity index is 1.91. The monoisotopic (exact) mass is 241 g/mol. The number of carbonyl (C=O) groups excluding carboxylic acids is 1. The van der Waals surface area contributed by atoms with Crippen molar-refractivity contribution in [3.63, 3.8) is 0 Å². The molecule has 1 aliphatic carbocycles. The number of aliphatic hydroxyl groups is 1. The zero-order valence-corrected chi connectivity index (χ0v) is 10.9. The molecule has 1 saturated carbocycles. The summed E-state index contributed by atoms with van der Waals surface area (Å²) in [6.45, 7) is 6.94. The van der Waals surface area contributed by atoms with Crippen LogP contribution in [0.1, 0.15) is 40.0 Å². The lowest BCUT2D eigenvalue weighted by Crippen LogP contribution is -2.45. The molecule has 1 heterocycles. The van der Waals surface area contributed by atoms with Crippen LogP contribution in [0.4, 0.5) is 0 Å². The molecule has 4 nitrogen and oxygen atoms in total. The van der Waals surface area contributed by atoms with Crippen LogP contribution in [0, 0.1) is 11.8 Å². The molecule has 0 aromatic carbocycles. The lowest BCUT2D eigenvalue weighted by Gasteiger charge is -2.41. The molecule has 4 atom stereocenters. The first-order valence-electron chi connectivity index (χ1n) is 6.55. The van der Waals surface area contributed by atoms with Crippen LogP contribution in [0.3, 0.4) is 0 Å². The van der Waals surface area contributed by atoms with Gasteiger partial charge in [0.25, 0.3) is 0 Å². The minimum atomic E-state index is -0.480. The molecule has 0 aromatic rings. The van der Waals surface area contributed by atoms with Crippen LogP contribution in [0.25, 0.3) is 0 Å². The Morgan fingerprint density at radius 3 is 2.65 bits per heavy atom. The molecule has 98 valence electrons. The molecule has 2 aliphatic rings. The van der Waals surface area contributed by atoms with Crippen LogP contribution < -0.4 is 5.32 Å². The number of ether oxygens (including phenoxy) is 1. The molecule has 0 amide bonds. The summed E-state index contributed by atoms with van der Waals surface area (Å²) < 4.78 is 5.54. The van der Waals surface area contributed by atoms with Crippen molar-refractivity contribution < 1.29 is 14.6 Å². The average Bonchev–Trinajstić information content (AvgIpc) is 2.98. The van der Waals surface area contributed by atoms with E-state index in [1.165, 1.54) is 0 Å². The summed E-state index contributed by atoms with van der Waals surface area (Å²) in [5, 5.41) is 13.1. The number of aliphatic hydroxyl groups excluding tert-OH is 1. The fraction of sp³-hybridized carbons (Fsp3) is 0.923. The van der Waals surface area contributed by atoms with Gasteiger partial charge in [-0.2, -0.15) is 0 Å². The summed E-state index contributed by atoms with van der Waals surface area (Å²) in [6, 6.07) is -0.105. The van der Waals surface area contributed by atoms with Crippen molar-refractivity contribution in [3.8, 4) is 0 Å². The fourth-order valence-corrected chi connectivity index (χ4v) is 2.77. The minimum Gasteiger partial charge on any atom is -0.458 e. The van der Waals surface area contributed by atoms with E-state index in [0.29, 0.717) is 18.3 Å². The van der Waals surface area contributed by atoms with E-state index in [-0.39, 0.29) is 18.1 Å². The zero-order valence-electron chi connectivity index (χ0n) is 10.9. The Kier molecular flexibility index (Phi) is 3.46. The average molecular weight is 241 g/mol. The molecule has 17 heavy (non-hydrogen) atoms. The van der Waals surface area contributed by atoms with E-state index in [1.54, 1.807) is 0 Å². The third-order valence-corrected chi connectivity index (χ3v) is 4.04. The summed E-state index contributed by atoms with van der Waals surface area (Å²) in [5.41, 5.74) is -0.480. The van der Waals surface area contributed by atoms with Gasteiger partial charge in [-0.1, -0.05) is 13.8 Å². The second-order valence-electron chi connectivity index (χ2n) is 6.05. The largest absolute Gasteiger partial charge is 0.458 e. The van der Waals surface area contributed by atoms with Crippen molar-refractivity contribution in [1.29, 1.82) is 0 Å². The molecule has 0 bridgehead atoms. The van der Waals surface area contributed by atoms with Crippen LogP contribution in [0.5, 0.6) is 0 Å². The maximum Gasteiger partial charge on any atom is 0.325 e. The van der Waals surface area contributed by atoms with Gasteiger partial charge >= 0.3 is 5.97 Å². The quantitative estimate of drug-likeness (QED) is 0.573. The number of nitrogens with one attached hydrogen (secondary N) is 1. The van der Waals surface area contributed by atoms with Gasteiger partial charge in [0.05, 0.1) is 6.10 Å². The van der Waals surface area contributed by atoms with Gasteiger partial charge in [-0.15, -0.1) is 0 Å². The van der Waals surface area contributed by atoms with Crippen molar-refractivity contribution in [2.24, 2.45) is 11.8 Å². The predicted molar refractivity (Wildman–Crippen MR) is 64.5 cm³/mol. The van der Waals surface area contributed by atoms with E-state index in [2.05, 4.69) is 19.2 Å². The Bertz CT molecular complexity index is 301. The van der Waals surface area contributed by atoms with Gasteiger partial charge < -0.3 is 15.2 Å². The number of rotatable bonds is 3. The lowest BCUT2D eigenvalue weighted by molar-refractivity contribution is -0.167. The summed E-state index contributed by atoms with van der Waals surface area (Å²) in [7, 11) is 0. The van der Waals surface area contributed by atoms with Crippen LogP contribution >= 0.6 is 0 Å². The Labute approximate surface area is 103 Å². The molecule has 2 rings (SSSR count). The highest BCUT2D eigenvalue weighted by Crippen LogP contribution is 2.38. The van der Waals surface area contributed by atoms with Gasteiger partial charge in [0.2, 0.25) is 0 Å². The highest BCUT2D eigenvalue weighted by molar-refractivity contribution is 5.79. The Morgan fingerprint density at radius 1 is 1.53 bits per heavy atom. The van der Waals surface area contributed by atoms with Gasteiger partial charge in [0.15, 0.2) is 0 Å². The van der Waals surface area contributed by atoms with Gasteiger partial charge in [0, 0.05) is 13.0 Å². The predicted octanol–water partition coefficient (Wildman–Crippen LogP) is 1.08. The normalized spacial score (nSPS) is 41.4. The van der Waals surface area contributed by atoms with Crippen LogP contribution in [0.2, 0.25) is 0 Å². The van der Waals surface area contributed by atoms with Crippen LogP contribution in [-0.4, -0.2) is 35.4 Å². The maximum atomic E-state index is 11.6. The van der Waals surface area contributed by atoms with Crippen molar-refractivity contribution in [3.05, 3.63) is 0 Å². The Hall–Kier alpha value is -0.610. The molecular formula is C13H23NO3. The molecule has 0 aromatic heterocycles. The molecule has 1 aliphatic heterocycles. The molecule has 0 spiro atoms. The van der Waals surface area contributed by atoms with Crippen molar-refractivity contribution in [2.75, 3.05) is 6.54 Å². The smallest absolute Gasteiger partial charge is 0.325 e. The molecule has 1 unspecified atom stereocenters.